The number of nitrogens with one attached hydrogen (secondary N) is 1. The molecule has 2 unspecified atom stereocenters. The molecule has 2 rings (SSSR count). The molecule has 1 saturated heterocycles. The Bertz CT molecular complexity index is 386. The van der Waals surface area contributed by atoms with Crippen LogP contribution in [-0.4, -0.2) is 31.0 Å². The summed E-state index contributed by atoms with van der Waals surface area (Å²) in [4.78, 5) is 0. The van der Waals surface area contributed by atoms with Gasteiger partial charge in [0.05, 0.1) is 18.8 Å². The predicted molar refractivity (Wildman–Crippen MR) is 72.7 cm³/mol. The van der Waals surface area contributed by atoms with Crippen LogP contribution < -0.4 is 5.32 Å². The van der Waals surface area contributed by atoms with Crippen molar-refractivity contribution < 1.29 is 9.84 Å². The summed E-state index contributed by atoms with van der Waals surface area (Å²) in [7, 11) is 0. The van der Waals surface area contributed by atoms with Gasteiger partial charge >= 0.3 is 0 Å². The van der Waals surface area contributed by atoms with Gasteiger partial charge < -0.3 is 15.2 Å². The highest BCUT2D eigenvalue weighted by Crippen LogP contribution is 2.21. The molecule has 2 atom stereocenters. The summed E-state index contributed by atoms with van der Waals surface area (Å²) >= 11 is 0. The van der Waals surface area contributed by atoms with E-state index in [0.717, 1.165) is 26.0 Å². The van der Waals surface area contributed by atoms with E-state index in [0.29, 0.717) is 6.10 Å². The van der Waals surface area contributed by atoms with E-state index in [9.17, 15) is 5.11 Å². The standard InChI is InChI=1S/C15H23NO2/c1-11-5-3-7-14(12(11)2)15(10-17)16-9-13-6-4-8-18-13/h3,5,7,13,15-17H,4,6,8-10H2,1-2H3. The van der Waals surface area contributed by atoms with Crippen molar-refractivity contribution in [3.63, 3.8) is 0 Å². The lowest BCUT2D eigenvalue weighted by molar-refractivity contribution is 0.104. The molecule has 1 aromatic carbocycles. The number of aliphatic hydroxyl groups excluding tert-OH is 1. The molecule has 18 heavy (non-hydrogen) atoms. The third-order valence-corrected chi connectivity index (χ3v) is 3.82. The summed E-state index contributed by atoms with van der Waals surface area (Å²) in [5.41, 5.74) is 3.72. The molecule has 1 aliphatic rings. The third-order valence-electron chi connectivity index (χ3n) is 3.82. The van der Waals surface area contributed by atoms with E-state index < -0.39 is 0 Å². The minimum Gasteiger partial charge on any atom is -0.394 e. The number of benzene rings is 1. The highest BCUT2D eigenvalue weighted by molar-refractivity contribution is 5.35. The van der Waals surface area contributed by atoms with Crippen LogP contribution in [0.4, 0.5) is 0 Å². The minimum absolute atomic E-state index is 0.00843. The maximum Gasteiger partial charge on any atom is 0.0700 e. The predicted octanol–water partition coefficient (Wildman–Crippen LogP) is 2.11. The van der Waals surface area contributed by atoms with Crippen LogP contribution in [0.25, 0.3) is 0 Å². The molecular formula is C15H23NO2. The van der Waals surface area contributed by atoms with Gasteiger partial charge in [0.2, 0.25) is 0 Å². The largest absolute Gasteiger partial charge is 0.394 e. The van der Waals surface area contributed by atoms with Gasteiger partial charge in [-0.1, -0.05) is 18.2 Å². The topological polar surface area (TPSA) is 41.5 Å². The van der Waals surface area contributed by atoms with Crippen molar-refractivity contribution in [2.24, 2.45) is 0 Å². The molecular weight excluding hydrogens is 226 g/mol. The van der Waals surface area contributed by atoms with Gasteiger partial charge in [-0.3, -0.25) is 0 Å². The Hall–Kier alpha value is -0.900. The lowest BCUT2D eigenvalue weighted by Gasteiger charge is -2.21. The van der Waals surface area contributed by atoms with Crippen LogP contribution in [0.5, 0.6) is 0 Å². The molecule has 3 nitrogen and oxygen atoms in total. The molecule has 0 amide bonds. The zero-order chi connectivity index (χ0) is 13.0. The SMILES string of the molecule is Cc1cccc(C(CO)NCC2CCCO2)c1C. The van der Waals surface area contributed by atoms with E-state index in [1.54, 1.807) is 0 Å². The Kier molecular flexibility index (Phi) is 4.75. The smallest absolute Gasteiger partial charge is 0.0700 e. The first-order chi connectivity index (χ1) is 8.72. The first-order valence-corrected chi connectivity index (χ1v) is 6.74. The Labute approximate surface area is 109 Å². The number of ether oxygens (including phenoxy) is 1. The van der Waals surface area contributed by atoms with Crippen LogP contribution in [0, 0.1) is 13.8 Å². The zero-order valence-corrected chi connectivity index (χ0v) is 11.3. The quantitative estimate of drug-likeness (QED) is 0.839. The van der Waals surface area contributed by atoms with Gasteiger partial charge in [0, 0.05) is 13.2 Å². The van der Waals surface area contributed by atoms with Crippen molar-refractivity contribution in [3.05, 3.63) is 34.9 Å². The van der Waals surface area contributed by atoms with E-state index in [1.807, 2.05) is 6.07 Å². The summed E-state index contributed by atoms with van der Waals surface area (Å²) < 4.78 is 5.59. The van der Waals surface area contributed by atoms with Crippen LogP contribution in [0.2, 0.25) is 0 Å². The van der Waals surface area contributed by atoms with E-state index in [2.05, 4.69) is 31.3 Å². The fourth-order valence-electron chi connectivity index (χ4n) is 2.50. The molecule has 3 heteroatoms. The van der Waals surface area contributed by atoms with Crippen molar-refractivity contribution in [3.8, 4) is 0 Å². The molecule has 0 bridgehead atoms. The van der Waals surface area contributed by atoms with Gasteiger partial charge in [-0.25, -0.2) is 0 Å². The molecule has 0 saturated carbocycles. The Morgan fingerprint density at radius 1 is 1.44 bits per heavy atom. The van der Waals surface area contributed by atoms with Crippen molar-refractivity contribution in [1.29, 1.82) is 0 Å². The first-order valence-electron chi connectivity index (χ1n) is 6.74. The average molecular weight is 249 g/mol. The van der Waals surface area contributed by atoms with Gasteiger partial charge in [0.15, 0.2) is 0 Å². The lowest BCUT2D eigenvalue weighted by atomic mass is 9.97. The second-order valence-electron chi connectivity index (χ2n) is 5.07. The van der Waals surface area contributed by atoms with E-state index in [-0.39, 0.29) is 12.6 Å². The Morgan fingerprint density at radius 2 is 2.28 bits per heavy atom. The summed E-state index contributed by atoms with van der Waals surface area (Å²) in [6.07, 6.45) is 2.58. The number of aryl methyl sites for hydroxylation is 1. The van der Waals surface area contributed by atoms with Crippen LogP contribution in [0.3, 0.4) is 0 Å². The first kappa shape index (κ1) is 13.5. The molecule has 0 aromatic heterocycles. The van der Waals surface area contributed by atoms with E-state index >= 15 is 0 Å². The number of hydrogen-bond acceptors (Lipinski definition) is 3. The maximum atomic E-state index is 9.57. The summed E-state index contributed by atoms with van der Waals surface area (Å²) in [5, 5.41) is 13.0. The van der Waals surface area contributed by atoms with Gasteiger partial charge in [-0.2, -0.15) is 0 Å². The molecule has 0 aliphatic carbocycles. The third kappa shape index (κ3) is 3.10. The number of rotatable bonds is 5. The van der Waals surface area contributed by atoms with Crippen LogP contribution >= 0.6 is 0 Å². The lowest BCUT2D eigenvalue weighted by Crippen LogP contribution is -2.32. The van der Waals surface area contributed by atoms with Gasteiger partial charge in [0.25, 0.3) is 0 Å². The van der Waals surface area contributed by atoms with Crippen LogP contribution in [0.15, 0.2) is 18.2 Å². The van der Waals surface area contributed by atoms with Crippen LogP contribution in [-0.2, 0) is 4.74 Å². The molecule has 1 heterocycles. The highest BCUT2D eigenvalue weighted by Gasteiger charge is 2.19. The van der Waals surface area contributed by atoms with Gasteiger partial charge in [0.1, 0.15) is 0 Å². The van der Waals surface area contributed by atoms with Crippen molar-refractivity contribution in [2.75, 3.05) is 19.8 Å². The summed E-state index contributed by atoms with van der Waals surface area (Å²) in [5.74, 6) is 0. The second kappa shape index (κ2) is 6.32. The molecule has 1 aliphatic heterocycles. The maximum absolute atomic E-state index is 9.57. The molecule has 0 radical (unpaired) electrons. The van der Waals surface area contributed by atoms with Crippen LogP contribution in [0.1, 0.15) is 35.6 Å². The molecule has 2 N–H and O–H groups in total. The van der Waals surface area contributed by atoms with Crippen molar-refractivity contribution in [1.82, 2.24) is 5.32 Å². The molecule has 0 spiro atoms. The average Bonchev–Trinajstić information content (AvgIpc) is 2.88. The fraction of sp³-hybridized carbons (Fsp3) is 0.600. The highest BCUT2D eigenvalue weighted by atomic mass is 16.5. The van der Waals surface area contributed by atoms with Gasteiger partial charge in [-0.15, -0.1) is 0 Å². The summed E-state index contributed by atoms with van der Waals surface area (Å²) in [6.45, 7) is 6.03. The fourth-order valence-corrected chi connectivity index (χ4v) is 2.50. The number of hydrogen-bond donors (Lipinski definition) is 2. The summed E-state index contributed by atoms with van der Waals surface area (Å²) in [6, 6.07) is 6.25. The Balaban J connectivity index is 2.00. The normalized spacial score (nSPS) is 21.2. The minimum atomic E-state index is 0.00843. The molecule has 1 fully saturated rings. The second-order valence-corrected chi connectivity index (χ2v) is 5.07. The number of aliphatic hydroxyl groups is 1. The molecule has 1 aromatic rings. The Morgan fingerprint density at radius 3 is 2.94 bits per heavy atom. The molecule has 100 valence electrons. The van der Waals surface area contributed by atoms with E-state index in [4.69, 9.17) is 4.74 Å². The zero-order valence-electron chi connectivity index (χ0n) is 11.3. The monoisotopic (exact) mass is 249 g/mol. The van der Waals surface area contributed by atoms with E-state index in [1.165, 1.54) is 16.7 Å². The van der Waals surface area contributed by atoms with Gasteiger partial charge in [-0.05, 0) is 43.4 Å². The van der Waals surface area contributed by atoms with Crippen molar-refractivity contribution in [2.45, 2.75) is 38.8 Å². The van der Waals surface area contributed by atoms with Crippen molar-refractivity contribution >= 4 is 0 Å².